The van der Waals surface area contributed by atoms with Gasteiger partial charge in [-0.2, -0.15) is 0 Å². The van der Waals surface area contributed by atoms with Gasteiger partial charge in [0.1, 0.15) is 6.10 Å². The van der Waals surface area contributed by atoms with Crippen molar-refractivity contribution in [3.05, 3.63) is 34.9 Å². The molecular formula is C18H26ClN3O3. The minimum Gasteiger partial charge on any atom is -0.382 e. The van der Waals surface area contributed by atoms with Crippen molar-refractivity contribution in [1.82, 2.24) is 10.9 Å². The van der Waals surface area contributed by atoms with Crippen LogP contribution in [0.5, 0.6) is 0 Å². The topological polar surface area (TPSA) is 104 Å². The van der Waals surface area contributed by atoms with Crippen molar-refractivity contribution in [2.45, 2.75) is 57.1 Å². The van der Waals surface area contributed by atoms with E-state index in [4.69, 9.17) is 17.3 Å². The lowest BCUT2D eigenvalue weighted by Gasteiger charge is -2.24. The minimum atomic E-state index is -1.36. The van der Waals surface area contributed by atoms with E-state index in [-0.39, 0.29) is 0 Å². The molecule has 1 aliphatic rings. The van der Waals surface area contributed by atoms with Crippen LogP contribution in [-0.2, 0) is 4.79 Å². The number of carbonyl (C=O) groups excluding carboxylic acids is 2. The maximum absolute atomic E-state index is 12.0. The third-order valence-electron chi connectivity index (χ3n) is 4.69. The number of rotatable bonds is 6. The molecule has 0 bridgehead atoms. The van der Waals surface area contributed by atoms with Gasteiger partial charge in [0.25, 0.3) is 11.8 Å². The first-order chi connectivity index (χ1) is 12.0. The summed E-state index contributed by atoms with van der Waals surface area (Å²) in [6.07, 6.45) is 6.33. The molecule has 0 heterocycles. The van der Waals surface area contributed by atoms with Crippen LogP contribution >= 0.6 is 11.6 Å². The quantitative estimate of drug-likeness (QED) is 0.578. The maximum atomic E-state index is 12.0. The lowest BCUT2D eigenvalue weighted by atomic mass is 9.85. The Kier molecular flexibility index (Phi) is 7.68. The molecule has 0 aromatic heterocycles. The standard InChI is InChI=1S/C18H26ClN3O3/c19-14-8-4-7-13(11-14)17(24)21-22-18(25)16(23)15(20)10-9-12-5-2-1-3-6-12/h4,7-8,11-12,15-16,23H,1-3,5-6,9-10,20H2,(H,21,24)(H,22,25). The van der Waals surface area contributed by atoms with Crippen LogP contribution in [0.25, 0.3) is 0 Å². The number of hydrazine groups is 1. The first-order valence-electron chi connectivity index (χ1n) is 8.77. The molecular weight excluding hydrogens is 342 g/mol. The largest absolute Gasteiger partial charge is 0.382 e. The van der Waals surface area contributed by atoms with Crippen LogP contribution in [-0.4, -0.2) is 29.1 Å². The highest BCUT2D eigenvalue weighted by molar-refractivity contribution is 6.30. The Labute approximate surface area is 153 Å². The second-order valence-corrected chi connectivity index (χ2v) is 7.08. The van der Waals surface area contributed by atoms with E-state index >= 15 is 0 Å². The first-order valence-corrected chi connectivity index (χ1v) is 9.14. The molecule has 7 heteroatoms. The summed E-state index contributed by atoms with van der Waals surface area (Å²) in [7, 11) is 0. The summed E-state index contributed by atoms with van der Waals surface area (Å²) in [4.78, 5) is 23.9. The zero-order valence-corrected chi connectivity index (χ0v) is 15.0. The van der Waals surface area contributed by atoms with Crippen molar-refractivity contribution < 1.29 is 14.7 Å². The molecule has 0 saturated heterocycles. The number of halogens is 1. The summed E-state index contributed by atoms with van der Waals surface area (Å²) in [5, 5.41) is 10.5. The number of benzene rings is 1. The minimum absolute atomic E-state index is 0.309. The predicted molar refractivity (Wildman–Crippen MR) is 96.9 cm³/mol. The molecule has 2 atom stereocenters. The highest BCUT2D eigenvalue weighted by Crippen LogP contribution is 2.27. The van der Waals surface area contributed by atoms with Crippen LogP contribution in [0, 0.1) is 5.92 Å². The van der Waals surface area contributed by atoms with Gasteiger partial charge < -0.3 is 10.8 Å². The molecule has 1 fully saturated rings. The van der Waals surface area contributed by atoms with Gasteiger partial charge in [-0.25, -0.2) is 0 Å². The highest BCUT2D eigenvalue weighted by Gasteiger charge is 2.24. The molecule has 1 aromatic carbocycles. The first kappa shape index (κ1) is 19.7. The Balaban J connectivity index is 1.74. The van der Waals surface area contributed by atoms with Crippen molar-refractivity contribution in [2.75, 3.05) is 0 Å². The fourth-order valence-corrected chi connectivity index (χ4v) is 3.34. The summed E-state index contributed by atoms with van der Waals surface area (Å²) in [6, 6.07) is 5.68. The zero-order valence-electron chi connectivity index (χ0n) is 14.2. The molecule has 2 unspecified atom stereocenters. The van der Waals surface area contributed by atoms with Gasteiger partial charge in [-0.1, -0.05) is 49.8 Å². The highest BCUT2D eigenvalue weighted by atomic mass is 35.5. The normalized spacial score (nSPS) is 17.6. The lowest BCUT2D eigenvalue weighted by molar-refractivity contribution is -0.131. The summed E-state index contributed by atoms with van der Waals surface area (Å²) in [6.45, 7) is 0. The van der Waals surface area contributed by atoms with E-state index in [2.05, 4.69) is 10.9 Å². The molecule has 25 heavy (non-hydrogen) atoms. The Bertz CT molecular complexity index is 591. The average molecular weight is 368 g/mol. The molecule has 1 aliphatic carbocycles. The van der Waals surface area contributed by atoms with Crippen molar-refractivity contribution in [2.24, 2.45) is 11.7 Å². The number of nitrogens with two attached hydrogens (primary N) is 1. The number of nitrogens with one attached hydrogen (secondary N) is 2. The predicted octanol–water partition coefficient (Wildman–Crippen LogP) is 2.15. The van der Waals surface area contributed by atoms with Gasteiger partial charge in [-0.05, 0) is 37.0 Å². The van der Waals surface area contributed by atoms with E-state index in [9.17, 15) is 14.7 Å². The van der Waals surface area contributed by atoms with Crippen LogP contribution in [0.1, 0.15) is 55.3 Å². The van der Waals surface area contributed by atoms with E-state index in [1.807, 2.05) is 0 Å². The van der Waals surface area contributed by atoms with E-state index in [0.717, 1.165) is 6.42 Å². The number of aliphatic hydroxyl groups is 1. The molecule has 0 radical (unpaired) electrons. The summed E-state index contributed by atoms with van der Waals surface area (Å²) < 4.78 is 0. The summed E-state index contributed by atoms with van der Waals surface area (Å²) >= 11 is 5.82. The SMILES string of the molecule is NC(CCC1CCCCC1)C(O)C(=O)NNC(=O)c1cccc(Cl)c1. The Hall–Kier alpha value is -1.63. The average Bonchev–Trinajstić information content (AvgIpc) is 2.64. The van der Waals surface area contributed by atoms with Gasteiger partial charge in [-0.15, -0.1) is 0 Å². The Morgan fingerprint density at radius 1 is 1.24 bits per heavy atom. The molecule has 6 nitrogen and oxygen atoms in total. The van der Waals surface area contributed by atoms with E-state index in [1.165, 1.54) is 38.2 Å². The molecule has 1 aromatic rings. The molecule has 0 aliphatic heterocycles. The van der Waals surface area contributed by atoms with E-state index in [0.29, 0.717) is 22.9 Å². The molecule has 0 spiro atoms. The number of carbonyl (C=O) groups is 2. The van der Waals surface area contributed by atoms with Crippen molar-refractivity contribution in [3.8, 4) is 0 Å². The monoisotopic (exact) mass is 367 g/mol. The number of amides is 2. The summed E-state index contributed by atoms with van der Waals surface area (Å²) in [5.74, 6) is -0.594. The van der Waals surface area contributed by atoms with Crippen molar-refractivity contribution >= 4 is 23.4 Å². The second-order valence-electron chi connectivity index (χ2n) is 6.64. The Morgan fingerprint density at radius 3 is 2.64 bits per heavy atom. The molecule has 5 N–H and O–H groups in total. The Morgan fingerprint density at radius 2 is 1.96 bits per heavy atom. The lowest BCUT2D eigenvalue weighted by Crippen LogP contribution is -2.52. The number of aliphatic hydroxyl groups excluding tert-OH is 1. The fourth-order valence-electron chi connectivity index (χ4n) is 3.15. The van der Waals surface area contributed by atoms with E-state index in [1.54, 1.807) is 18.2 Å². The smallest absolute Gasteiger partial charge is 0.269 e. The molecule has 1 saturated carbocycles. The molecule has 2 amide bonds. The van der Waals surface area contributed by atoms with Gasteiger partial charge >= 0.3 is 0 Å². The fraction of sp³-hybridized carbons (Fsp3) is 0.556. The van der Waals surface area contributed by atoms with Gasteiger partial charge in [0.05, 0.1) is 0 Å². The van der Waals surface area contributed by atoms with Crippen LogP contribution in [0.15, 0.2) is 24.3 Å². The van der Waals surface area contributed by atoms with Gasteiger partial charge in [0.15, 0.2) is 0 Å². The zero-order chi connectivity index (χ0) is 18.2. The van der Waals surface area contributed by atoms with Crippen LogP contribution < -0.4 is 16.6 Å². The van der Waals surface area contributed by atoms with Gasteiger partial charge in [0.2, 0.25) is 0 Å². The maximum Gasteiger partial charge on any atom is 0.269 e. The number of hydrogen-bond donors (Lipinski definition) is 4. The van der Waals surface area contributed by atoms with Crippen LogP contribution in [0.3, 0.4) is 0 Å². The molecule has 138 valence electrons. The van der Waals surface area contributed by atoms with Gasteiger partial charge in [-0.3, -0.25) is 20.4 Å². The third kappa shape index (κ3) is 6.30. The third-order valence-corrected chi connectivity index (χ3v) is 4.93. The van der Waals surface area contributed by atoms with Crippen LogP contribution in [0.4, 0.5) is 0 Å². The molecule has 2 rings (SSSR count). The second kappa shape index (κ2) is 9.75. The van der Waals surface area contributed by atoms with Gasteiger partial charge in [0, 0.05) is 16.6 Å². The van der Waals surface area contributed by atoms with E-state index < -0.39 is 24.0 Å². The van der Waals surface area contributed by atoms with Crippen LogP contribution in [0.2, 0.25) is 5.02 Å². The summed E-state index contributed by atoms with van der Waals surface area (Å²) in [5.41, 5.74) is 10.7. The van der Waals surface area contributed by atoms with Crippen molar-refractivity contribution in [3.63, 3.8) is 0 Å². The van der Waals surface area contributed by atoms with Crippen molar-refractivity contribution in [1.29, 1.82) is 0 Å². The number of hydrogen-bond acceptors (Lipinski definition) is 4.